The van der Waals surface area contributed by atoms with Crippen LogP contribution in [-0.4, -0.2) is 31.3 Å². The minimum atomic E-state index is -1.54. The van der Waals surface area contributed by atoms with Crippen molar-refractivity contribution in [1.29, 1.82) is 0 Å². The van der Waals surface area contributed by atoms with E-state index < -0.39 is 11.2 Å². The van der Waals surface area contributed by atoms with E-state index in [0.29, 0.717) is 4.34 Å². The fraction of sp³-hybridized carbons (Fsp3) is 0.0667. The maximum absolute atomic E-state index is 12.3. The number of aromatic nitrogens is 1. The van der Waals surface area contributed by atoms with Crippen molar-refractivity contribution in [2.24, 2.45) is 0 Å². The summed E-state index contributed by atoms with van der Waals surface area (Å²) in [4.78, 5) is 16.4. The molecule has 1 aromatic heterocycles. The lowest BCUT2D eigenvalue weighted by Gasteiger charge is -2.06. The molecule has 3 aromatic rings. The number of carbonyl (C=O) groups excluding carboxylic acids is 1. The van der Waals surface area contributed by atoms with Crippen LogP contribution in [0.25, 0.3) is 10.2 Å². The summed E-state index contributed by atoms with van der Waals surface area (Å²) in [5, 5.41) is 18.6. The van der Waals surface area contributed by atoms with E-state index in [1.165, 1.54) is 23.5 Å². The van der Waals surface area contributed by atoms with E-state index in [1.54, 1.807) is 0 Å². The van der Waals surface area contributed by atoms with Gasteiger partial charge in [0.05, 0.1) is 10.2 Å². The first-order valence-electron chi connectivity index (χ1n) is 6.34. The normalized spacial score (nSPS) is 12.4. The summed E-state index contributed by atoms with van der Waals surface area (Å²) in [5.74, 6) is -1.28. The number of carbonyl (C=O) groups is 1. The third-order valence-corrected chi connectivity index (χ3v) is 5.67. The molecule has 0 radical (unpaired) electrons. The quantitative estimate of drug-likeness (QED) is 0.435. The molecule has 0 bridgehead atoms. The van der Waals surface area contributed by atoms with Gasteiger partial charge in [-0.1, -0.05) is 23.5 Å². The van der Waals surface area contributed by atoms with E-state index in [1.807, 2.05) is 24.3 Å². The Kier molecular flexibility index (Phi) is 4.02. The van der Waals surface area contributed by atoms with Gasteiger partial charge in [0.25, 0.3) is 0 Å². The number of phenolic OH excluding ortho intramolecular Hbond substituents is 2. The van der Waals surface area contributed by atoms with Crippen molar-refractivity contribution in [2.75, 3.05) is 5.75 Å². The summed E-state index contributed by atoms with van der Waals surface area (Å²) in [6.07, 6.45) is 0. The average molecular weight is 333 g/mol. The van der Waals surface area contributed by atoms with Gasteiger partial charge in [-0.2, -0.15) is 4.98 Å². The summed E-state index contributed by atoms with van der Waals surface area (Å²) < 4.78 is 13.6. The van der Waals surface area contributed by atoms with Crippen molar-refractivity contribution < 1.29 is 19.6 Å². The molecule has 22 heavy (non-hydrogen) atoms. The first-order chi connectivity index (χ1) is 10.5. The number of hydrogen-bond acceptors (Lipinski definition) is 6. The molecular formula is C15H11NO4S2. The highest BCUT2D eigenvalue weighted by molar-refractivity contribution is 7.94. The van der Waals surface area contributed by atoms with Gasteiger partial charge in [-0.15, -0.1) is 0 Å². The van der Waals surface area contributed by atoms with Crippen LogP contribution in [0.5, 0.6) is 11.5 Å². The SMILES string of the molecule is O=C(C[S+]([O-])c1nc2ccccc2s1)c1ccc(O)c(O)c1. The number of Topliss-reactive ketones (excluding diaryl/α,β-unsaturated/α-hetero) is 1. The van der Waals surface area contributed by atoms with Crippen LogP contribution in [0.1, 0.15) is 10.4 Å². The number of ketones is 1. The van der Waals surface area contributed by atoms with E-state index in [0.717, 1.165) is 16.3 Å². The molecule has 3 rings (SSSR count). The van der Waals surface area contributed by atoms with Crippen molar-refractivity contribution in [1.82, 2.24) is 4.98 Å². The topological polar surface area (TPSA) is 93.5 Å². The summed E-state index contributed by atoms with van der Waals surface area (Å²) >= 11 is -0.250. The molecule has 0 saturated carbocycles. The third kappa shape index (κ3) is 2.92. The largest absolute Gasteiger partial charge is 0.609 e. The van der Waals surface area contributed by atoms with Crippen LogP contribution in [-0.2, 0) is 11.2 Å². The number of rotatable bonds is 4. The molecule has 112 valence electrons. The second kappa shape index (κ2) is 5.96. The van der Waals surface area contributed by atoms with Crippen LogP contribution < -0.4 is 0 Å². The monoisotopic (exact) mass is 333 g/mol. The highest BCUT2D eigenvalue weighted by Crippen LogP contribution is 2.28. The smallest absolute Gasteiger partial charge is 0.303 e. The Bertz CT molecular complexity index is 813. The van der Waals surface area contributed by atoms with Crippen molar-refractivity contribution in [2.45, 2.75) is 4.34 Å². The first-order valence-corrected chi connectivity index (χ1v) is 8.47. The zero-order valence-corrected chi connectivity index (χ0v) is 12.9. The predicted molar refractivity (Wildman–Crippen MR) is 85.0 cm³/mol. The highest BCUT2D eigenvalue weighted by atomic mass is 32.2. The van der Waals surface area contributed by atoms with Gasteiger partial charge < -0.3 is 14.8 Å². The Hall–Kier alpha value is -2.09. The summed E-state index contributed by atoms with van der Waals surface area (Å²) in [7, 11) is 0. The van der Waals surface area contributed by atoms with Gasteiger partial charge >= 0.3 is 4.34 Å². The Labute approximate surface area is 133 Å². The van der Waals surface area contributed by atoms with E-state index in [2.05, 4.69) is 4.98 Å². The predicted octanol–water partition coefficient (Wildman–Crippen LogP) is 2.70. The van der Waals surface area contributed by atoms with Crippen LogP contribution in [0.15, 0.2) is 46.8 Å². The number of nitrogens with zero attached hydrogens (tertiary/aromatic N) is 1. The van der Waals surface area contributed by atoms with Crippen LogP contribution in [0.3, 0.4) is 0 Å². The molecule has 0 saturated heterocycles. The number of thiazole rings is 1. The summed E-state index contributed by atoms with van der Waals surface area (Å²) in [5.41, 5.74) is 0.954. The van der Waals surface area contributed by atoms with Crippen molar-refractivity contribution in [3.05, 3.63) is 48.0 Å². The van der Waals surface area contributed by atoms with Gasteiger partial charge in [-0.05, 0) is 30.3 Å². The molecule has 2 aromatic carbocycles. The van der Waals surface area contributed by atoms with Gasteiger partial charge in [0.2, 0.25) is 5.78 Å². The van der Waals surface area contributed by atoms with Crippen molar-refractivity contribution >= 4 is 38.5 Å². The maximum atomic E-state index is 12.3. The minimum Gasteiger partial charge on any atom is -0.609 e. The lowest BCUT2D eigenvalue weighted by molar-refractivity contribution is 0.102. The highest BCUT2D eigenvalue weighted by Gasteiger charge is 2.22. The molecule has 0 amide bonds. The van der Waals surface area contributed by atoms with Gasteiger partial charge in [-0.3, -0.25) is 4.79 Å². The third-order valence-electron chi connectivity index (χ3n) is 3.03. The van der Waals surface area contributed by atoms with Gasteiger partial charge in [0.1, 0.15) is 0 Å². The molecule has 0 aliphatic carbocycles. The van der Waals surface area contributed by atoms with E-state index in [-0.39, 0.29) is 28.6 Å². The number of hydrogen-bond donors (Lipinski definition) is 2. The Balaban J connectivity index is 1.79. The fourth-order valence-corrected chi connectivity index (χ4v) is 4.15. The number of fused-ring (bicyclic) bond motifs is 1. The summed E-state index contributed by atoms with van der Waals surface area (Å²) in [6, 6.07) is 11.2. The van der Waals surface area contributed by atoms with Crippen LogP contribution >= 0.6 is 11.3 Å². The first kappa shape index (κ1) is 14.8. The second-order valence-electron chi connectivity index (χ2n) is 4.56. The lowest BCUT2D eigenvalue weighted by Crippen LogP contribution is -2.16. The molecule has 0 fully saturated rings. The van der Waals surface area contributed by atoms with Crippen LogP contribution in [0.2, 0.25) is 0 Å². The molecule has 5 nitrogen and oxygen atoms in total. The van der Waals surface area contributed by atoms with Gasteiger partial charge in [-0.25, -0.2) is 0 Å². The molecule has 1 atom stereocenters. The van der Waals surface area contributed by atoms with E-state index >= 15 is 0 Å². The van der Waals surface area contributed by atoms with E-state index in [4.69, 9.17) is 0 Å². The van der Waals surface area contributed by atoms with Gasteiger partial charge in [0.15, 0.2) is 17.3 Å². The molecule has 0 spiro atoms. The zero-order chi connectivity index (χ0) is 15.7. The van der Waals surface area contributed by atoms with Crippen molar-refractivity contribution in [3.8, 4) is 11.5 Å². The Morgan fingerprint density at radius 1 is 1.18 bits per heavy atom. The van der Waals surface area contributed by atoms with Crippen LogP contribution in [0, 0.1) is 0 Å². The van der Waals surface area contributed by atoms with Crippen LogP contribution in [0.4, 0.5) is 0 Å². The minimum absolute atomic E-state index is 0.199. The standard InChI is InChI=1S/C15H11NO4S2/c17-11-6-5-9(7-12(11)18)13(19)8-22(20)15-16-10-3-1-2-4-14(10)21-15/h1-7,17-18H,8H2. The molecule has 7 heteroatoms. The Morgan fingerprint density at radius 3 is 2.68 bits per heavy atom. The zero-order valence-electron chi connectivity index (χ0n) is 11.2. The number of aromatic hydroxyl groups is 2. The average Bonchev–Trinajstić information content (AvgIpc) is 2.94. The number of phenols is 2. The van der Waals surface area contributed by atoms with Crippen molar-refractivity contribution in [3.63, 3.8) is 0 Å². The van der Waals surface area contributed by atoms with E-state index in [9.17, 15) is 19.6 Å². The fourth-order valence-electron chi connectivity index (χ4n) is 1.91. The van der Waals surface area contributed by atoms with Gasteiger partial charge in [0, 0.05) is 16.7 Å². The summed E-state index contributed by atoms with van der Waals surface area (Å²) in [6.45, 7) is 0. The molecule has 0 aliphatic rings. The molecular weight excluding hydrogens is 322 g/mol. The Morgan fingerprint density at radius 2 is 1.95 bits per heavy atom. The molecule has 0 aliphatic heterocycles. The number of para-hydroxylation sites is 1. The maximum Gasteiger partial charge on any atom is 0.303 e. The molecule has 2 N–H and O–H groups in total. The lowest BCUT2D eigenvalue weighted by atomic mass is 10.1. The number of benzene rings is 2. The molecule has 1 unspecified atom stereocenters. The second-order valence-corrected chi connectivity index (χ2v) is 7.22. The molecule has 1 heterocycles.